The lowest BCUT2D eigenvalue weighted by molar-refractivity contribution is -0.140. The first-order valence-electron chi connectivity index (χ1n) is 4.64. The van der Waals surface area contributed by atoms with Crippen LogP contribution in [-0.4, -0.2) is 44.0 Å². The Balaban J connectivity index is 3.16. The molecule has 1 aromatic rings. The monoisotopic (exact) mass is 279 g/mol. The van der Waals surface area contributed by atoms with Gasteiger partial charge in [0.25, 0.3) is 10.0 Å². The molecule has 0 amide bonds. The quantitative estimate of drug-likeness (QED) is 0.864. The fraction of sp³-hybridized carbons (Fsp3) is 0.444. The molecule has 96 valence electrons. The smallest absolute Gasteiger partial charge is 0.321 e. The number of thiophene rings is 1. The standard InChI is InChI=1S/C9H13NO5S2/c1-6(8(11)12)10(2)17(13,14)9-7(15-3)4-5-16-9/h4-6H,1-3H3,(H,11,12). The van der Waals surface area contributed by atoms with E-state index in [0.29, 0.717) is 0 Å². The number of aliphatic carboxylic acids is 1. The second kappa shape index (κ2) is 5.03. The zero-order chi connectivity index (χ0) is 13.2. The van der Waals surface area contributed by atoms with Crippen molar-refractivity contribution in [2.45, 2.75) is 17.2 Å². The summed E-state index contributed by atoms with van der Waals surface area (Å²) in [7, 11) is -1.24. The number of rotatable bonds is 5. The van der Waals surface area contributed by atoms with Crippen LogP contribution in [0.4, 0.5) is 0 Å². The minimum Gasteiger partial charge on any atom is -0.494 e. The third-order valence-electron chi connectivity index (χ3n) is 2.33. The summed E-state index contributed by atoms with van der Waals surface area (Å²) in [5.74, 6) is -0.981. The molecular formula is C9H13NO5S2. The average Bonchev–Trinajstić information content (AvgIpc) is 2.75. The van der Waals surface area contributed by atoms with E-state index in [1.165, 1.54) is 27.1 Å². The van der Waals surface area contributed by atoms with E-state index in [9.17, 15) is 13.2 Å². The summed E-state index contributed by atoms with van der Waals surface area (Å²) in [5, 5.41) is 10.4. The molecule has 0 spiro atoms. The fourth-order valence-electron chi connectivity index (χ4n) is 1.12. The van der Waals surface area contributed by atoms with Crippen LogP contribution in [0.3, 0.4) is 0 Å². The molecule has 1 rings (SSSR count). The van der Waals surface area contributed by atoms with E-state index < -0.39 is 22.0 Å². The molecule has 0 aliphatic heterocycles. The number of sulfonamides is 1. The molecule has 1 unspecified atom stereocenters. The van der Waals surface area contributed by atoms with Gasteiger partial charge in [-0.05, 0) is 18.4 Å². The van der Waals surface area contributed by atoms with Gasteiger partial charge in [-0.25, -0.2) is 8.42 Å². The van der Waals surface area contributed by atoms with Crippen LogP contribution in [0.15, 0.2) is 15.7 Å². The van der Waals surface area contributed by atoms with Crippen molar-refractivity contribution in [1.82, 2.24) is 4.31 Å². The van der Waals surface area contributed by atoms with Gasteiger partial charge in [0.05, 0.1) is 7.11 Å². The fourth-order valence-corrected chi connectivity index (χ4v) is 3.88. The van der Waals surface area contributed by atoms with Gasteiger partial charge in [-0.1, -0.05) is 0 Å². The first-order chi connectivity index (χ1) is 7.82. The molecule has 1 N–H and O–H groups in total. The van der Waals surface area contributed by atoms with Gasteiger partial charge < -0.3 is 9.84 Å². The van der Waals surface area contributed by atoms with Gasteiger partial charge in [-0.2, -0.15) is 4.31 Å². The summed E-state index contributed by atoms with van der Waals surface area (Å²) in [6.07, 6.45) is 0. The Morgan fingerprint density at radius 2 is 2.18 bits per heavy atom. The largest absolute Gasteiger partial charge is 0.494 e. The van der Waals surface area contributed by atoms with E-state index in [4.69, 9.17) is 9.84 Å². The zero-order valence-corrected chi connectivity index (χ0v) is 11.2. The predicted molar refractivity (Wildman–Crippen MR) is 62.9 cm³/mol. The Labute approximate surface area is 103 Å². The number of carboxylic acids is 1. The van der Waals surface area contributed by atoms with Crippen LogP contribution in [0, 0.1) is 0 Å². The van der Waals surface area contributed by atoms with Gasteiger partial charge >= 0.3 is 5.97 Å². The lowest BCUT2D eigenvalue weighted by Crippen LogP contribution is -2.39. The van der Waals surface area contributed by atoms with E-state index >= 15 is 0 Å². The van der Waals surface area contributed by atoms with Crippen molar-refractivity contribution in [3.8, 4) is 5.75 Å². The first kappa shape index (κ1) is 13.9. The number of hydrogen-bond acceptors (Lipinski definition) is 5. The molecule has 0 bridgehead atoms. The van der Waals surface area contributed by atoms with Gasteiger partial charge in [-0.15, -0.1) is 11.3 Å². The predicted octanol–water partition coefficient (Wildman–Crippen LogP) is 0.850. The lowest BCUT2D eigenvalue weighted by Gasteiger charge is -2.20. The Kier molecular flexibility index (Phi) is 4.12. The zero-order valence-electron chi connectivity index (χ0n) is 9.58. The van der Waals surface area contributed by atoms with E-state index in [0.717, 1.165) is 15.6 Å². The van der Waals surface area contributed by atoms with Crippen LogP contribution in [0.25, 0.3) is 0 Å². The average molecular weight is 279 g/mol. The number of hydrogen-bond donors (Lipinski definition) is 1. The van der Waals surface area contributed by atoms with Crippen LogP contribution < -0.4 is 4.74 Å². The van der Waals surface area contributed by atoms with Gasteiger partial charge in [0.1, 0.15) is 11.8 Å². The van der Waals surface area contributed by atoms with Crippen molar-refractivity contribution in [1.29, 1.82) is 0 Å². The van der Waals surface area contributed by atoms with Crippen LogP contribution >= 0.6 is 11.3 Å². The van der Waals surface area contributed by atoms with Gasteiger partial charge in [0, 0.05) is 7.05 Å². The van der Waals surface area contributed by atoms with Crippen molar-refractivity contribution in [2.75, 3.05) is 14.2 Å². The molecular weight excluding hydrogens is 266 g/mol. The van der Waals surface area contributed by atoms with E-state index in [-0.39, 0.29) is 9.96 Å². The number of ether oxygens (including phenoxy) is 1. The second-order valence-electron chi connectivity index (χ2n) is 3.31. The van der Waals surface area contributed by atoms with Gasteiger partial charge in [-0.3, -0.25) is 4.79 Å². The Hall–Kier alpha value is -1.12. The van der Waals surface area contributed by atoms with Crippen LogP contribution in [0.2, 0.25) is 0 Å². The van der Waals surface area contributed by atoms with Crippen molar-refractivity contribution in [3.05, 3.63) is 11.4 Å². The summed E-state index contributed by atoms with van der Waals surface area (Å²) < 4.78 is 30.0. The number of likely N-dealkylation sites (N-methyl/N-ethyl adjacent to an activating group) is 1. The normalized spacial score (nSPS) is 13.6. The topological polar surface area (TPSA) is 83.9 Å². The molecule has 0 fully saturated rings. The Morgan fingerprint density at radius 1 is 1.59 bits per heavy atom. The SMILES string of the molecule is COc1ccsc1S(=O)(=O)N(C)C(C)C(=O)O. The molecule has 1 atom stereocenters. The molecule has 6 nitrogen and oxygen atoms in total. The van der Waals surface area contributed by atoms with Crippen molar-refractivity contribution in [2.24, 2.45) is 0 Å². The number of carbonyl (C=O) groups is 1. The summed E-state index contributed by atoms with van der Waals surface area (Å²) in [5.41, 5.74) is 0. The molecule has 0 saturated carbocycles. The molecule has 0 saturated heterocycles. The van der Waals surface area contributed by atoms with E-state index in [1.54, 1.807) is 5.38 Å². The molecule has 1 heterocycles. The van der Waals surface area contributed by atoms with Crippen LogP contribution in [0.1, 0.15) is 6.92 Å². The summed E-state index contributed by atoms with van der Waals surface area (Å²) in [6.45, 7) is 1.31. The van der Waals surface area contributed by atoms with Crippen molar-refractivity contribution < 1.29 is 23.1 Å². The maximum atomic E-state index is 12.1. The molecule has 0 aromatic carbocycles. The van der Waals surface area contributed by atoms with Crippen molar-refractivity contribution >= 4 is 27.3 Å². The minimum absolute atomic E-state index is 0.00981. The molecule has 0 aliphatic carbocycles. The number of nitrogens with zero attached hydrogens (tertiary/aromatic N) is 1. The maximum Gasteiger partial charge on any atom is 0.321 e. The summed E-state index contributed by atoms with van der Waals surface area (Å²) in [6, 6.07) is 0.392. The molecule has 1 aromatic heterocycles. The highest BCUT2D eigenvalue weighted by Gasteiger charge is 2.32. The summed E-state index contributed by atoms with van der Waals surface area (Å²) >= 11 is 0.991. The Bertz CT molecular complexity index is 507. The number of methoxy groups -OCH3 is 1. The molecule has 0 aliphatic rings. The van der Waals surface area contributed by atoms with Gasteiger partial charge in [0.2, 0.25) is 0 Å². The molecule has 17 heavy (non-hydrogen) atoms. The van der Waals surface area contributed by atoms with E-state index in [2.05, 4.69) is 0 Å². The third-order valence-corrected chi connectivity index (χ3v) is 5.68. The summed E-state index contributed by atoms with van der Waals surface area (Å²) in [4.78, 5) is 10.8. The highest BCUT2D eigenvalue weighted by molar-refractivity contribution is 7.91. The van der Waals surface area contributed by atoms with Gasteiger partial charge in [0.15, 0.2) is 4.21 Å². The number of carboxylic acid groups (broad SMARTS) is 1. The molecule has 0 radical (unpaired) electrons. The minimum atomic E-state index is -3.84. The third kappa shape index (κ3) is 2.59. The van der Waals surface area contributed by atoms with Crippen LogP contribution in [-0.2, 0) is 14.8 Å². The van der Waals surface area contributed by atoms with Crippen LogP contribution in [0.5, 0.6) is 5.75 Å². The molecule has 8 heteroatoms. The van der Waals surface area contributed by atoms with E-state index in [1.807, 2.05) is 0 Å². The first-order valence-corrected chi connectivity index (χ1v) is 6.96. The van der Waals surface area contributed by atoms with Crippen molar-refractivity contribution in [3.63, 3.8) is 0 Å². The highest BCUT2D eigenvalue weighted by atomic mass is 32.2. The second-order valence-corrected chi connectivity index (χ2v) is 6.42. The highest BCUT2D eigenvalue weighted by Crippen LogP contribution is 2.32. The lowest BCUT2D eigenvalue weighted by atomic mass is 10.4. The Morgan fingerprint density at radius 3 is 2.65 bits per heavy atom. The maximum absolute atomic E-state index is 12.1.